The molecule has 2 N–H and O–H groups in total. The number of hydrogen-bond acceptors (Lipinski definition) is 4. The number of aryl methyl sites for hydroxylation is 1. The van der Waals surface area contributed by atoms with Crippen molar-refractivity contribution in [1.82, 2.24) is 0 Å². The number of benzene rings is 3. The number of nitrogens with one attached hydrogen (secondary N) is 2. The molecular formula is C22H20ClN3O3. The summed E-state index contributed by atoms with van der Waals surface area (Å²) < 4.78 is 0. The van der Waals surface area contributed by atoms with Crippen molar-refractivity contribution < 1.29 is 9.72 Å². The predicted molar refractivity (Wildman–Crippen MR) is 116 cm³/mol. The zero-order valence-corrected chi connectivity index (χ0v) is 16.6. The van der Waals surface area contributed by atoms with Crippen molar-refractivity contribution in [2.24, 2.45) is 0 Å². The van der Waals surface area contributed by atoms with Crippen LogP contribution in [0.2, 0.25) is 5.02 Å². The van der Waals surface area contributed by atoms with Crippen LogP contribution in [0.3, 0.4) is 0 Å². The molecule has 0 atom stereocenters. The number of carbonyl (C=O) groups is 1. The van der Waals surface area contributed by atoms with E-state index in [4.69, 9.17) is 11.6 Å². The molecular weight excluding hydrogens is 390 g/mol. The SMILES string of the molecule is Cc1ccc(Cl)cc1NC(=O)c1cc([N+](=O)[O-])ccc1NCCc1ccccc1. The van der Waals surface area contributed by atoms with Gasteiger partial charge in [0.2, 0.25) is 0 Å². The summed E-state index contributed by atoms with van der Waals surface area (Å²) in [7, 11) is 0. The molecule has 0 radical (unpaired) electrons. The maximum absolute atomic E-state index is 12.9. The Morgan fingerprint density at radius 1 is 1.03 bits per heavy atom. The molecule has 1 amide bonds. The van der Waals surface area contributed by atoms with Gasteiger partial charge in [-0.2, -0.15) is 0 Å². The molecule has 3 rings (SSSR count). The average molecular weight is 410 g/mol. The molecule has 0 aliphatic carbocycles. The van der Waals surface area contributed by atoms with Crippen LogP contribution in [-0.4, -0.2) is 17.4 Å². The number of nitro benzene ring substituents is 1. The minimum absolute atomic E-state index is 0.147. The van der Waals surface area contributed by atoms with E-state index in [0.29, 0.717) is 22.9 Å². The fraction of sp³-hybridized carbons (Fsp3) is 0.136. The summed E-state index contributed by atoms with van der Waals surface area (Å²) in [5.41, 5.74) is 3.14. The van der Waals surface area contributed by atoms with E-state index in [1.807, 2.05) is 37.3 Å². The summed E-state index contributed by atoms with van der Waals surface area (Å²) in [6.07, 6.45) is 0.756. The largest absolute Gasteiger partial charge is 0.384 e. The second-order valence-corrected chi connectivity index (χ2v) is 7.00. The molecule has 0 spiro atoms. The van der Waals surface area contributed by atoms with Crippen molar-refractivity contribution in [2.75, 3.05) is 17.2 Å². The van der Waals surface area contributed by atoms with Gasteiger partial charge in [0.05, 0.1) is 10.5 Å². The molecule has 0 bridgehead atoms. The Hall–Kier alpha value is -3.38. The Morgan fingerprint density at radius 2 is 1.79 bits per heavy atom. The Morgan fingerprint density at radius 3 is 2.52 bits per heavy atom. The Labute approximate surface area is 173 Å². The topological polar surface area (TPSA) is 84.3 Å². The highest BCUT2D eigenvalue weighted by Gasteiger charge is 2.17. The fourth-order valence-corrected chi connectivity index (χ4v) is 3.06. The first kappa shape index (κ1) is 20.4. The number of nitrogens with zero attached hydrogens (tertiary/aromatic N) is 1. The molecule has 0 aliphatic heterocycles. The third-order valence-corrected chi connectivity index (χ3v) is 4.71. The first-order valence-electron chi connectivity index (χ1n) is 9.08. The Bertz CT molecular complexity index is 1040. The molecule has 0 fully saturated rings. The summed E-state index contributed by atoms with van der Waals surface area (Å²) in [5, 5.41) is 17.7. The van der Waals surface area contributed by atoms with Crippen LogP contribution in [0.15, 0.2) is 66.7 Å². The molecule has 3 aromatic rings. The minimum Gasteiger partial charge on any atom is -0.384 e. The maximum atomic E-state index is 12.9. The van der Waals surface area contributed by atoms with Gasteiger partial charge in [0.15, 0.2) is 0 Å². The monoisotopic (exact) mass is 409 g/mol. The standard InChI is InChI=1S/C22H20ClN3O3/c1-15-7-8-17(23)13-21(15)25-22(27)19-14-18(26(28)29)9-10-20(19)24-12-11-16-5-3-2-4-6-16/h2-10,13-14,24H,11-12H2,1H3,(H,25,27). The van der Waals surface area contributed by atoms with Crippen LogP contribution in [0.4, 0.5) is 17.1 Å². The van der Waals surface area contributed by atoms with Crippen molar-refractivity contribution in [3.63, 3.8) is 0 Å². The van der Waals surface area contributed by atoms with E-state index in [-0.39, 0.29) is 11.3 Å². The van der Waals surface area contributed by atoms with Crippen LogP contribution >= 0.6 is 11.6 Å². The van der Waals surface area contributed by atoms with Gasteiger partial charge < -0.3 is 10.6 Å². The van der Waals surface area contributed by atoms with Gasteiger partial charge in [0.25, 0.3) is 11.6 Å². The maximum Gasteiger partial charge on any atom is 0.270 e. The molecule has 6 nitrogen and oxygen atoms in total. The van der Waals surface area contributed by atoms with Crippen molar-refractivity contribution in [1.29, 1.82) is 0 Å². The fourth-order valence-electron chi connectivity index (χ4n) is 2.89. The number of non-ortho nitro benzene ring substituents is 1. The zero-order valence-electron chi connectivity index (χ0n) is 15.8. The summed E-state index contributed by atoms with van der Waals surface area (Å²) in [5.74, 6) is -0.443. The molecule has 7 heteroatoms. The summed E-state index contributed by atoms with van der Waals surface area (Å²) >= 11 is 6.02. The molecule has 148 valence electrons. The van der Waals surface area contributed by atoms with Crippen LogP contribution < -0.4 is 10.6 Å². The van der Waals surface area contributed by atoms with Crippen LogP contribution in [-0.2, 0) is 6.42 Å². The van der Waals surface area contributed by atoms with E-state index >= 15 is 0 Å². The molecule has 0 aromatic heterocycles. The van der Waals surface area contributed by atoms with Crippen LogP contribution in [0.25, 0.3) is 0 Å². The van der Waals surface area contributed by atoms with Gasteiger partial charge in [-0.3, -0.25) is 14.9 Å². The molecule has 0 heterocycles. The van der Waals surface area contributed by atoms with E-state index in [1.54, 1.807) is 24.3 Å². The number of carbonyl (C=O) groups excluding carboxylic acids is 1. The second-order valence-electron chi connectivity index (χ2n) is 6.56. The Balaban J connectivity index is 1.82. The average Bonchev–Trinajstić information content (AvgIpc) is 2.71. The predicted octanol–water partition coefficient (Wildman–Crippen LogP) is 5.46. The van der Waals surface area contributed by atoms with E-state index in [9.17, 15) is 14.9 Å². The smallest absolute Gasteiger partial charge is 0.270 e. The van der Waals surface area contributed by atoms with E-state index in [0.717, 1.165) is 17.5 Å². The first-order valence-corrected chi connectivity index (χ1v) is 9.45. The van der Waals surface area contributed by atoms with Crippen molar-refractivity contribution >= 4 is 34.6 Å². The molecule has 3 aromatic carbocycles. The van der Waals surface area contributed by atoms with E-state index in [1.165, 1.54) is 12.1 Å². The zero-order chi connectivity index (χ0) is 20.8. The quantitative estimate of drug-likeness (QED) is 0.400. The van der Waals surface area contributed by atoms with Crippen molar-refractivity contribution in [3.05, 3.63) is 98.6 Å². The third kappa shape index (κ3) is 5.33. The summed E-state index contributed by atoms with van der Waals surface area (Å²) in [6, 6.07) is 19.3. The van der Waals surface area contributed by atoms with Crippen LogP contribution in [0, 0.1) is 17.0 Å². The molecule has 29 heavy (non-hydrogen) atoms. The summed E-state index contributed by atoms with van der Waals surface area (Å²) in [6.45, 7) is 2.43. The first-order chi connectivity index (χ1) is 13.9. The van der Waals surface area contributed by atoms with Crippen LogP contribution in [0.1, 0.15) is 21.5 Å². The highest BCUT2D eigenvalue weighted by atomic mass is 35.5. The van der Waals surface area contributed by atoms with Gasteiger partial charge >= 0.3 is 0 Å². The highest BCUT2D eigenvalue weighted by molar-refractivity contribution is 6.31. The van der Waals surface area contributed by atoms with E-state index < -0.39 is 10.8 Å². The number of rotatable bonds is 7. The van der Waals surface area contributed by atoms with Gasteiger partial charge in [-0.15, -0.1) is 0 Å². The normalized spacial score (nSPS) is 10.4. The lowest BCUT2D eigenvalue weighted by atomic mass is 10.1. The van der Waals surface area contributed by atoms with Crippen molar-refractivity contribution in [3.8, 4) is 0 Å². The van der Waals surface area contributed by atoms with Gasteiger partial charge in [-0.05, 0) is 42.7 Å². The number of halogens is 1. The van der Waals surface area contributed by atoms with Gasteiger partial charge in [-0.25, -0.2) is 0 Å². The molecule has 0 saturated carbocycles. The van der Waals surface area contributed by atoms with Gasteiger partial charge in [-0.1, -0.05) is 48.0 Å². The van der Waals surface area contributed by atoms with Crippen molar-refractivity contribution in [2.45, 2.75) is 13.3 Å². The lowest BCUT2D eigenvalue weighted by Gasteiger charge is -2.14. The highest BCUT2D eigenvalue weighted by Crippen LogP contribution is 2.25. The second kappa shape index (κ2) is 9.21. The van der Waals surface area contributed by atoms with E-state index in [2.05, 4.69) is 10.6 Å². The van der Waals surface area contributed by atoms with Gasteiger partial charge in [0.1, 0.15) is 0 Å². The number of hydrogen-bond donors (Lipinski definition) is 2. The number of nitro groups is 1. The van der Waals surface area contributed by atoms with Crippen LogP contribution in [0.5, 0.6) is 0 Å². The lowest BCUT2D eigenvalue weighted by Crippen LogP contribution is -2.16. The number of amides is 1. The molecule has 0 aliphatic rings. The number of anilines is 2. The third-order valence-electron chi connectivity index (χ3n) is 4.48. The molecule has 0 unspecified atom stereocenters. The lowest BCUT2D eigenvalue weighted by molar-refractivity contribution is -0.384. The Kier molecular flexibility index (Phi) is 6.46. The minimum atomic E-state index is -0.519. The summed E-state index contributed by atoms with van der Waals surface area (Å²) in [4.78, 5) is 23.6. The van der Waals surface area contributed by atoms with Gasteiger partial charge in [0, 0.05) is 35.1 Å². The molecule has 0 saturated heterocycles.